The van der Waals surface area contributed by atoms with Gasteiger partial charge in [0.25, 0.3) is 0 Å². The van der Waals surface area contributed by atoms with E-state index < -0.39 is 12.1 Å². The number of ether oxygens (including phenoxy) is 1. The van der Waals surface area contributed by atoms with E-state index in [0.717, 1.165) is 18.4 Å². The molecule has 114 valence electrons. The maximum absolute atomic E-state index is 12.0. The lowest BCUT2D eigenvalue weighted by molar-refractivity contribution is -0.138. The summed E-state index contributed by atoms with van der Waals surface area (Å²) in [6, 6.07) is 9.48. The van der Waals surface area contributed by atoms with Crippen molar-refractivity contribution in [3.8, 4) is 0 Å². The Balaban J connectivity index is 1.87. The Morgan fingerprint density at radius 1 is 1.33 bits per heavy atom. The minimum absolute atomic E-state index is 0.0642. The summed E-state index contributed by atoms with van der Waals surface area (Å²) >= 11 is 0. The first-order valence-electron chi connectivity index (χ1n) is 7.33. The van der Waals surface area contributed by atoms with Gasteiger partial charge in [0.05, 0.1) is 6.42 Å². The molecule has 1 aliphatic heterocycles. The molecule has 1 aliphatic rings. The number of carboxylic acid groups (broad SMARTS) is 1. The van der Waals surface area contributed by atoms with Gasteiger partial charge in [0.1, 0.15) is 6.10 Å². The van der Waals surface area contributed by atoms with Gasteiger partial charge >= 0.3 is 5.97 Å². The number of hydrogen-bond donors (Lipinski definition) is 2. The van der Waals surface area contributed by atoms with Gasteiger partial charge in [0.15, 0.2) is 0 Å². The van der Waals surface area contributed by atoms with E-state index in [9.17, 15) is 9.59 Å². The van der Waals surface area contributed by atoms with Gasteiger partial charge in [-0.05, 0) is 31.2 Å². The monoisotopic (exact) mass is 291 g/mol. The average molecular weight is 291 g/mol. The Bertz CT molecular complexity index is 468. The lowest BCUT2D eigenvalue weighted by Gasteiger charge is -2.19. The third-order valence-electron chi connectivity index (χ3n) is 3.61. The van der Waals surface area contributed by atoms with Gasteiger partial charge in [0.2, 0.25) is 5.91 Å². The number of benzene rings is 1. The van der Waals surface area contributed by atoms with Crippen LogP contribution in [0, 0.1) is 0 Å². The second-order valence-electron chi connectivity index (χ2n) is 5.33. The highest BCUT2D eigenvalue weighted by Crippen LogP contribution is 2.13. The molecule has 0 aliphatic carbocycles. The van der Waals surface area contributed by atoms with Crippen LogP contribution in [0.1, 0.15) is 31.2 Å². The van der Waals surface area contributed by atoms with E-state index in [4.69, 9.17) is 9.84 Å². The fourth-order valence-corrected chi connectivity index (χ4v) is 2.50. The van der Waals surface area contributed by atoms with E-state index in [0.29, 0.717) is 19.4 Å². The highest BCUT2D eigenvalue weighted by atomic mass is 16.5. The highest BCUT2D eigenvalue weighted by Gasteiger charge is 2.26. The van der Waals surface area contributed by atoms with Crippen molar-refractivity contribution in [1.29, 1.82) is 0 Å². The van der Waals surface area contributed by atoms with Gasteiger partial charge in [-0.2, -0.15) is 0 Å². The number of carbonyl (C=O) groups is 2. The number of rotatable bonds is 7. The van der Waals surface area contributed by atoms with Crippen molar-refractivity contribution in [2.75, 3.05) is 6.61 Å². The predicted octanol–water partition coefficient (Wildman–Crippen LogP) is 1.76. The van der Waals surface area contributed by atoms with E-state index in [2.05, 4.69) is 5.32 Å². The molecule has 2 N–H and O–H groups in total. The smallest absolute Gasteiger partial charge is 0.305 e. The standard InChI is InChI=1S/C16H21NO4/c18-15(19)11-13(9-8-12-5-2-1-3-6-12)17-16(20)14-7-4-10-21-14/h1-3,5-6,13-14H,4,7-11H2,(H,17,20)(H,18,19)/t13-,14?/m0/s1. The Morgan fingerprint density at radius 2 is 2.10 bits per heavy atom. The molecule has 1 heterocycles. The summed E-state index contributed by atoms with van der Waals surface area (Å²) < 4.78 is 5.32. The lowest BCUT2D eigenvalue weighted by Crippen LogP contribution is -2.42. The summed E-state index contributed by atoms with van der Waals surface area (Å²) in [7, 11) is 0. The SMILES string of the molecule is O=C(O)C[C@H](CCc1ccccc1)NC(=O)C1CCCO1. The summed E-state index contributed by atoms with van der Waals surface area (Å²) in [5, 5.41) is 11.8. The van der Waals surface area contributed by atoms with E-state index >= 15 is 0 Å². The van der Waals surface area contributed by atoms with Crippen LogP contribution in [0.15, 0.2) is 30.3 Å². The molecule has 5 heteroatoms. The normalized spacial score (nSPS) is 19.1. The third kappa shape index (κ3) is 5.19. The fraction of sp³-hybridized carbons (Fsp3) is 0.500. The molecule has 0 radical (unpaired) electrons. The molecule has 2 atom stereocenters. The minimum Gasteiger partial charge on any atom is -0.481 e. The van der Waals surface area contributed by atoms with Crippen LogP contribution >= 0.6 is 0 Å². The molecule has 1 unspecified atom stereocenters. The van der Waals surface area contributed by atoms with E-state index in [1.807, 2.05) is 30.3 Å². The zero-order chi connectivity index (χ0) is 15.1. The highest BCUT2D eigenvalue weighted by molar-refractivity contribution is 5.82. The molecule has 5 nitrogen and oxygen atoms in total. The largest absolute Gasteiger partial charge is 0.481 e. The van der Waals surface area contributed by atoms with E-state index in [1.165, 1.54) is 0 Å². The zero-order valence-corrected chi connectivity index (χ0v) is 12.0. The number of amides is 1. The molecule has 1 fully saturated rings. The number of hydrogen-bond acceptors (Lipinski definition) is 3. The summed E-state index contributed by atoms with van der Waals surface area (Å²) in [6.07, 6.45) is 2.46. The molecule has 2 rings (SSSR count). The number of aliphatic carboxylic acids is 1. The first-order chi connectivity index (χ1) is 10.1. The van der Waals surface area contributed by atoms with Gasteiger partial charge in [-0.1, -0.05) is 30.3 Å². The molecule has 1 saturated heterocycles. The Kier molecular flexibility index (Phi) is 5.75. The van der Waals surface area contributed by atoms with Gasteiger partial charge in [-0.15, -0.1) is 0 Å². The van der Waals surface area contributed by atoms with Crippen LogP contribution in [0.25, 0.3) is 0 Å². The van der Waals surface area contributed by atoms with Crippen LogP contribution in [0.3, 0.4) is 0 Å². The van der Waals surface area contributed by atoms with Crippen LogP contribution in [-0.2, 0) is 20.7 Å². The topological polar surface area (TPSA) is 75.6 Å². The maximum Gasteiger partial charge on any atom is 0.305 e. The lowest BCUT2D eigenvalue weighted by atomic mass is 10.0. The molecule has 21 heavy (non-hydrogen) atoms. The van der Waals surface area contributed by atoms with Crippen molar-refractivity contribution in [3.63, 3.8) is 0 Å². The Morgan fingerprint density at radius 3 is 2.71 bits per heavy atom. The second kappa shape index (κ2) is 7.78. The van der Waals surface area contributed by atoms with Gasteiger partial charge in [0, 0.05) is 12.6 Å². The van der Waals surface area contributed by atoms with Crippen molar-refractivity contribution >= 4 is 11.9 Å². The predicted molar refractivity (Wildman–Crippen MR) is 77.9 cm³/mol. The number of carboxylic acids is 1. The molecule has 1 amide bonds. The Labute approximate surface area is 124 Å². The fourth-order valence-electron chi connectivity index (χ4n) is 2.50. The molecule has 0 spiro atoms. The van der Waals surface area contributed by atoms with Gasteiger partial charge in [-0.3, -0.25) is 9.59 Å². The average Bonchev–Trinajstić information content (AvgIpc) is 2.99. The van der Waals surface area contributed by atoms with E-state index in [-0.39, 0.29) is 18.4 Å². The first-order valence-corrected chi connectivity index (χ1v) is 7.33. The van der Waals surface area contributed by atoms with Crippen molar-refractivity contribution in [2.24, 2.45) is 0 Å². The van der Waals surface area contributed by atoms with Crippen LogP contribution in [0.5, 0.6) is 0 Å². The first kappa shape index (κ1) is 15.5. The van der Waals surface area contributed by atoms with E-state index in [1.54, 1.807) is 0 Å². The summed E-state index contributed by atoms with van der Waals surface area (Å²) in [4.78, 5) is 23.0. The summed E-state index contributed by atoms with van der Waals surface area (Å²) in [5.41, 5.74) is 1.14. The number of carbonyl (C=O) groups excluding carboxylic acids is 1. The zero-order valence-electron chi connectivity index (χ0n) is 12.0. The van der Waals surface area contributed by atoms with Crippen molar-refractivity contribution in [3.05, 3.63) is 35.9 Å². The maximum atomic E-state index is 12.0. The molecule has 1 aromatic carbocycles. The molecule has 0 saturated carbocycles. The minimum atomic E-state index is -0.902. The van der Waals surface area contributed by atoms with Crippen LogP contribution in [0.2, 0.25) is 0 Å². The van der Waals surface area contributed by atoms with Crippen LogP contribution < -0.4 is 5.32 Å². The van der Waals surface area contributed by atoms with Crippen molar-refractivity contribution in [2.45, 2.75) is 44.2 Å². The number of nitrogens with one attached hydrogen (secondary N) is 1. The molecular formula is C16H21NO4. The van der Waals surface area contributed by atoms with Crippen molar-refractivity contribution in [1.82, 2.24) is 5.32 Å². The second-order valence-corrected chi connectivity index (χ2v) is 5.33. The number of aryl methyl sites for hydroxylation is 1. The van der Waals surface area contributed by atoms with Crippen LogP contribution in [0.4, 0.5) is 0 Å². The Hall–Kier alpha value is -1.88. The van der Waals surface area contributed by atoms with Gasteiger partial charge < -0.3 is 15.2 Å². The van der Waals surface area contributed by atoms with Crippen LogP contribution in [-0.4, -0.2) is 35.7 Å². The van der Waals surface area contributed by atoms with Crippen molar-refractivity contribution < 1.29 is 19.4 Å². The molecule has 0 bridgehead atoms. The quantitative estimate of drug-likeness (QED) is 0.802. The van der Waals surface area contributed by atoms with Gasteiger partial charge in [-0.25, -0.2) is 0 Å². The molecular weight excluding hydrogens is 270 g/mol. The molecule has 1 aromatic rings. The third-order valence-corrected chi connectivity index (χ3v) is 3.61. The summed E-state index contributed by atoms with van der Waals surface area (Å²) in [5.74, 6) is -1.09. The summed E-state index contributed by atoms with van der Waals surface area (Å²) in [6.45, 7) is 0.603. The molecule has 0 aromatic heterocycles.